The second-order valence-electron chi connectivity index (χ2n) is 16.2. The third kappa shape index (κ3) is 7.22. The molecule has 4 fully saturated rings. The minimum Gasteiger partial charge on any atom is -0.462 e. The predicted octanol–water partition coefficient (Wildman–Crippen LogP) is 8.61. The molecule has 0 radical (unpaired) electrons. The van der Waals surface area contributed by atoms with Crippen LogP contribution in [0.5, 0.6) is 0 Å². The number of ether oxygens (including phenoxy) is 2. The quantitative estimate of drug-likeness (QED) is 0.131. The Balaban J connectivity index is 1.11. The lowest BCUT2D eigenvalue weighted by Gasteiger charge is -2.64. The van der Waals surface area contributed by atoms with E-state index in [1.807, 2.05) is 0 Å². The number of rotatable bonds is 16. The van der Waals surface area contributed by atoms with E-state index >= 15 is 0 Å². The molecule has 5 aliphatic rings. The fraction of sp³-hybridized carbons (Fsp3) is 0.897. The van der Waals surface area contributed by atoms with Gasteiger partial charge in [-0.3, -0.25) is 4.79 Å². The Morgan fingerprint density at radius 2 is 1.51 bits per heavy atom. The largest absolute Gasteiger partial charge is 0.462 e. The Morgan fingerprint density at radius 3 is 2.13 bits per heavy atom. The van der Waals surface area contributed by atoms with Gasteiger partial charge in [-0.2, -0.15) is 0 Å². The van der Waals surface area contributed by atoms with Gasteiger partial charge in [0.1, 0.15) is 12.7 Å². The number of aliphatic hydroxyl groups is 2. The van der Waals surface area contributed by atoms with Gasteiger partial charge in [0.25, 0.3) is 0 Å². The van der Waals surface area contributed by atoms with E-state index in [1.165, 1.54) is 70.6 Å². The molecule has 1 heterocycles. The molecule has 0 amide bonds. The van der Waals surface area contributed by atoms with Crippen molar-refractivity contribution in [1.29, 1.82) is 0 Å². The van der Waals surface area contributed by atoms with E-state index in [1.54, 1.807) is 6.08 Å². The number of carbonyl (C=O) groups excluding carboxylic acids is 2. The molecule has 0 spiro atoms. The number of aliphatic hydroxyl groups excluding tert-OH is 1. The Labute approximate surface area is 273 Å². The zero-order valence-electron chi connectivity index (χ0n) is 28.8. The summed E-state index contributed by atoms with van der Waals surface area (Å²) in [6.07, 6.45) is 24.7. The van der Waals surface area contributed by atoms with Gasteiger partial charge in [0, 0.05) is 29.7 Å². The minimum absolute atomic E-state index is 0.114. The third-order valence-electron chi connectivity index (χ3n) is 13.8. The van der Waals surface area contributed by atoms with Crippen LogP contribution in [0.1, 0.15) is 162 Å². The van der Waals surface area contributed by atoms with Crippen molar-refractivity contribution in [3.05, 3.63) is 11.6 Å². The van der Waals surface area contributed by atoms with Crippen molar-refractivity contribution in [1.82, 2.24) is 0 Å². The number of esters is 2. The molecule has 2 N–H and O–H groups in total. The molecular weight excluding hydrogens is 564 g/mol. The second-order valence-corrected chi connectivity index (χ2v) is 16.2. The van der Waals surface area contributed by atoms with Crippen LogP contribution in [0.3, 0.4) is 0 Å². The molecule has 6 nitrogen and oxygen atoms in total. The fourth-order valence-corrected chi connectivity index (χ4v) is 11.1. The van der Waals surface area contributed by atoms with Crippen LogP contribution in [-0.2, 0) is 19.1 Å². The van der Waals surface area contributed by atoms with E-state index in [2.05, 4.69) is 20.8 Å². The Hall–Kier alpha value is -1.40. The lowest BCUT2D eigenvalue weighted by atomic mass is 9.42. The van der Waals surface area contributed by atoms with E-state index in [9.17, 15) is 19.8 Å². The van der Waals surface area contributed by atoms with Crippen molar-refractivity contribution in [2.75, 3.05) is 6.61 Å². The number of hydrogen-bond acceptors (Lipinski definition) is 6. The normalized spacial score (nSPS) is 39.0. The lowest BCUT2D eigenvalue weighted by molar-refractivity contribution is -0.237. The average Bonchev–Trinajstić information content (AvgIpc) is 3.55. The molecule has 5 rings (SSSR count). The zero-order chi connectivity index (χ0) is 32.1. The van der Waals surface area contributed by atoms with E-state index < -0.39 is 11.7 Å². The smallest absolute Gasteiger partial charge is 0.331 e. The van der Waals surface area contributed by atoms with Gasteiger partial charge in [0.05, 0.1) is 11.7 Å². The van der Waals surface area contributed by atoms with Crippen LogP contribution in [0.15, 0.2) is 11.6 Å². The Morgan fingerprint density at radius 1 is 0.867 bits per heavy atom. The number of hydrogen-bond donors (Lipinski definition) is 2. The zero-order valence-corrected chi connectivity index (χ0v) is 28.8. The van der Waals surface area contributed by atoms with Gasteiger partial charge in [-0.05, 0) is 80.6 Å². The molecule has 4 aliphatic carbocycles. The van der Waals surface area contributed by atoms with E-state index in [0.29, 0.717) is 25.4 Å². The maximum Gasteiger partial charge on any atom is 0.331 e. The number of fused-ring (bicyclic) bond motifs is 5. The van der Waals surface area contributed by atoms with Gasteiger partial charge in [-0.15, -0.1) is 0 Å². The van der Waals surface area contributed by atoms with E-state index in [4.69, 9.17) is 9.47 Å². The number of unbranched alkanes of at least 4 members (excludes halogenated alkanes) is 12. The van der Waals surface area contributed by atoms with Crippen molar-refractivity contribution >= 4 is 11.9 Å². The summed E-state index contributed by atoms with van der Waals surface area (Å²) in [6.45, 7) is 7.19. The number of cyclic esters (lactones) is 1. The molecule has 9 atom stereocenters. The summed E-state index contributed by atoms with van der Waals surface area (Å²) in [5, 5.41) is 23.4. The van der Waals surface area contributed by atoms with E-state index in [0.717, 1.165) is 63.4 Å². The van der Waals surface area contributed by atoms with Crippen LogP contribution >= 0.6 is 0 Å². The van der Waals surface area contributed by atoms with Crippen molar-refractivity contribution in [2.24, 2.45) is 34.5 Å². The molecule has 0 aromatic rings. The first-order valence-corrected chi connectivity index (χ1v) is 19.1. The molecule has 0 saturated heterocycles. The maximum atomic E-state index is 13.2. The summed E-state index contributed by atoms with van der Waals surface area (Å²) in [7, 11) is 0. The first kappa shape index (κ1) is 34.9. The van der Waals surface area contributed by atoms with Gasteiger partial charge in [-0.1, -0.05) is 97.8 Å². The van der Waals surface area contributed by atoms with Crippen LogP contribution in [0.2, 0.25) is 0 Å². The highest BCUT2D eigenvalue weighted by molar-refractivity contribution is 5.85. The van der Waals surface area contributed by atoms with Crippen molar-refractivity contribution in [3.63, 3.8) is 0 Å². The minimum atomic E-state index is -0.805. The molecule has 1 aliphatic heterocycles. The molecule has 0 bridgehead atoms. The molecule has 0 aromatic carbocycles. The lowest BCUT2D eigenvalue weighted by Crippen LogP contribution is -2.65. The highest BCUT2D eigenvalue weighted by Crippen LogP contribution is 2.70. The second kappa shape index (κ2) is 15.2. The highest BCUT2D eigenvalue weighted by Gasteiger charge is 2.69. The number of carbonyl (C=O) groups is 2. The van der Waals surface area contributed by atoms with Crippen LogP contribution < -0.4 is 0 Å². The Kier molecular flexibility index (Phi) is 11.8. The average molecular weight is 629 g/mol. The summed E-state index contributed by atoms with van der Waals surface area (Å²) in [6, 6.07) is 0. The van der Waals surface area contributed by atoms with E-state index in [-0.39, 0.29) is 46.6 Å². The van der Waals surface area contributed by atoms with Gasteiger partial charge in [0.2, 0.25) is 0 Å². The van der Waals surface area contributed by atoms with Gasteiger partial charge in [0.15, 0.2) is 0 Å². The predicted molar refractivity (Wildman–Crippen MR) is 177 cm³/mol. The topological polar surface area (TPSA) is 93.1 Å². The summed E-state index contributed by atoms with van der Waals surface area (Å²) in [5.74, 6) is 0.490. The third-order valence-corrected chi connectivity index (χ3v) is 13.8. The fourth-order valence-electron chi connectivity index (χ4n) is 11.1. The molecule has 256 valence electrons. The van der Waals surface area contributed by atoms with Gasteiger partial charge < -0.3 is 19.7 Å². The first-order chi connectivity index (χ1) is 21.6. The molecule has 4 saturated carbocycles. The van der Waals surface area contributed by atoms with Crippen molar-refractivity contribution in [2.45, 2.75) is 180 Å². The molecule has 45 heavy (non-hydrogen) atoms. The van der Waals surface area contributed by atoms with Crippen molar-refractivity contribution in [3.8, 4) is 0 Å². The monoisotopic (exact) mass is 628 g/mol. The summed E-state index contributed by atoms with van der Waals surface area (Å²) < 4.78 is 11.6. The Bertz CT molecular complexity index is 1040. The molecule has 1 unspecified atom stereocenters. The van der Waals surface area contributed by atoms with Gasteiger partial charge in [-0.25, -0.2) is 4.79 Å². The molecular formula is C39H64O6. The summed E-state index contributed by atoms with van der Waals surface area (Å²) in [5.41, 5.74) is -0.279. The van der Waals surface area contributed by atoms with Crippen molar-refractivity contribution < 1.29 is 29.3 Å². The standard InChI is InChI=1S/C39H64O6/c1-4-5-6-7-8-9-10-11-12-13-14-15-16-17-35(41)45-34-26-30(40)25-29-18-19-33-32(38(29,34)3)20-22-37(2)31(21-23-39(33,37)43)28-24-36(42)44-27-28/h24,29-34,40,43H,4-23,25-27H2,1-3H3/t29-,30+,31-,32+,33-,34?,37-,38+,39+/m1/s1. The first-order valence-electron chi connectivity index (χ1n) is 19.1. The molecule has 6 heteroatoms. The van der Waals surface area contributed by atoms with Crippen LogP contribution in [0.25, 0.3) is 0 Å². The SMILES string of the molecule is CCCCCCCCCCCCCCCC(=O)OC1C[C@@H](O)C[C@H]2CC[C@@H]3[C@H](CC[C@]4(C)[C@@H](C5=CC(=O)OC5)CC[C@]34O)[C@@]12C. The van der Waals surface area contributed by atoms with Gasteiger partial charge >= 0.3 is 11.9 Å². The summed E-state index contributed by atoms with van der Waals surface area (Å²) in [4.78, 5) is 25.1. The molecule has 0 aromatic heterocycles. The van der Waals surface area contributed by atoms with Crippen LogP contribution in [-0.4, -0.2) is 46.6 Å². The van der Waals surface area contributed by atoms with Crippen LogP contribution in [0, 0.1) is 34.5 Å². The van der Waals surface area contributed by atoms with Crippen LogP contribution in [0.4, 0.5) is 0 Å². The summed E-state index contributed by atoms with van der Waals surface area (Å²) >= 11 is 0. The maximum absolute atomic E-state index is 13.2. The highest BCUT2D eigenvalue weighted by atomic mass is 16.5.